The van der Waals surface area contributed by atoms with E-state index >= 15 is 0 Å². The zero-order chi connectivity index (χ0) is 11.4. The van der Waals surface area contributed by atoms with E-state index in [-0.39, 0.29) is 6.03 Å². The first-order valence-corrected chi connectivity index (χ1v) is 5.09. The summed E-state index contributed by atoms with van der Waals surface area (Å²) in [6, 6.07) is 9.74. The van der Waals surface area contributed by atoms with E-state index in [9.17, 15) is 4.79 Å². The van der Waals surface area contributed by atoms with E-state index in [1.54, 1.807) is 13.2 Å². The predicted molar refractivity (Wildman–Crippen MR) is 63.0 cm³/mol. The highest BCUT2D eigenvalue weighted by Crippen LogP contribution is 2.12. The van der Waals surface area contributed by atoms with Crippen LogP contribution in [0, 0.1) is 0 Å². The van der Waals surface area contributed by atoms with E-state index in [0.29, 0.717) is 6.54 Å². The van der Waals surface area contributed by atoms with E-state index in [2.05, 4.69) is 15.6 Å². The van der Waals surface area contributed by atoms with Crippen molar-refractivity contribution in [2.45, 2.75) is 6.54 Å². The molecule has 4 heteroatoms. The molecule has 0 fully saturated rings. The number of fused-ring (bicyclic) bond motifs is 1. The van der Waals surface area contributed by atoms with Gasteiger partial charge in [-0.2, -0.15) is 0 Å². The van der Waals surface area contributed by atoms with Crippen LogP contribution in [-0.2, 0) is 6.54 Å². The Morgan fingerprint density at radius 3 is 3.00 bits per heavy atom. The molecule has 0 saturated heterocycles. The van der Waals surface area contributed by atoms with Crippen LogP contribution in [-0.4, -0.2) is 18.1 Å². The van der Waals surface area contributed by atoms with Gasteiger partial charge in [-0.25, -0.2) is 4.79 Å². The van der Waals surface area contributed by atoms with Crippen LogP contribution >= 0.6 is 0 Å². The maximum Gasteiger partial charge on any atom is 0.314 e. The van der Waals surface area contributed by atoms with Crippen LogP contribution in [0.4, 0.5) is 4.79 Å². The van der Waals surface area contributed by atoms with Crippen molar-refractivity contribution in [1.29, 1.82) is 0 Å². The molecule has 0 saturated carbocycles. The molecule has 0 aliphatic rings. The second kappa shape index (κ2) is 4.61. The summed E-state index contributed by atoms with van der Waals surface area (Å²) in [5.41, 5.74) is 1.95. The molecule has 0 aliphatic heterocycles. The summed E-state index contributed by atoms with van der Waals surface area (Å²) in [6.45, 7) is 0.484. The molecule has 0 unspecified atom stereocenters. The quantitative estimate of drug-likeness (QED) is 0.800. The lowest BCUT2D eigenvalue weighted by Gasteiger charge is -2.05. The summed E-state index contributed by atoms with van der Waals surface area (Å²) >= 11 is 0. The number of hydrogen-bond donors (Lipinski definition) is 2. The number of hydrogen-bond acceptors (Lipinski definition) is 2. The third-order valence-electron chi connectivity index (χ3n) is 2.33. The molecule has 82 valence electrons. The van der Waals surface area contributed by atoms with Crippen molar-refractivity contribution < 1.29 is 4.79 Å². The van der Waals surface area contributed by atoms with E-state index in [0.717, 1.165) is 16.5 Å². The zero-order valence-corrected chi connectivity index (χ0v) is 9.03. The molecule has 1 aromatic carbocycles. The lowest BCUT2D eigenvalue weighted by Crippen LogP contribution is -2.32. The Morgan fingerprint density at radius 1 is 1.38 bits per heavy atom. The minimum absolute atomic E-state index is 0.187. The lowest BCUT2D eigenvalue weighted by atomic mass is 10.1. The minimum Gasteiger partial charge on any atom is -0.341 e. The molecule has 0 radical (unpaired) electrons. The zero-order valence-electron chi connectivity index (χ0n) is 9.03. The van der Waals surface area contributed by atoms with Gasteiger partial charge in [-0.3, -0.25) is 4.98 Å². The molecule has 0 spiro atoms. The molecule has 4 nitrogen and oxygen atoms in total. The van der Waals surface area contributed by atoms with Gasteiger partial charge in [-0.15, -0.1) is 0 Å². The van der Waals surface area contributed by atoms with Crippen LogP contribution in [0.1, 0.15) is 5.56 Å². The molecule has 2 amide bonds. The fourth-order valence-corrected chi connectivity index (χ4v) is 1.48. The van der Waals surface area contributed by atoms with Crippen molar-refractivity contribution in [1.82, 2.24) is 15.6 Å². The predicted octanol–water partition coefficient (Wildman–Crippen LogP) is 1.66. The van der Waals surface area contributed by atoms with Gasteiger partial charge in [0.1, 0.15) is 0 Å². The number of para-hydroxylation sites is 1. The summed E-state index contributed by atoms with van der Waals surface area (Å²) in [7, 11) is 1.59. The van der Waals surface area contributed by atoms with E-state index < -0.39 is 0 Å². The van der Waals surface area contributed by atoms with Crippen LogP contribution in [0.5, 0.6) is 0 Å². The van der Waals surface area contributed by atoms with Gasteiger partial charge in [0.2, 0.25) is 0 Å². The molecule has 0 aliphatic carbocycles. The number of aromatic nitrogens is 1. The second-order valence-electron chi connectivity index (χ2n) is 3.47. The van der Waals surface area contributed by atoms with Crippen LogP contribution in [0.15, 0.2) is 36.5 Å². The molecule has 16 heavy (non-hydrogen) atoms. The molecule has 0 bridgehead atoms. The number of amides is 2. The Morgan fingerprint density at radius 2 is 2.19 bits per heavy atom. The van der Waals surface area contributed by atoms with Crippen LogP contribution in [0.2, 0.25) is 0 Å². The van der Waals surface area contributed by atoms with Gasteiger partial charge >= 0.3 is 6.03 Å². The summed E-state index contributed by atoms with van der Waals surface area (Å²) in [5, 5.41) is 6.31. The van der Waals surface area contributed by atoms with E-state index in [4.69, 9.17) is 0 Å². The van der Waals surface area contributed by atoms with Gasteiger partial charge in [0.25, 0.3) is 0 Å². The molecule has 2 aromatic rings. The summed E-state index contributed by atoms with van der Waals surface area (Å²) < 4.78 is 0. The van der Waals surface area contributed by atoms with Crippen molar-refractivity contribution in [3.05, 3.63) is 42.1 Å². The van der Waals surface area contributed by atoms with Crippen LogP contribution in [0.25, 0.3) is 10.9 Å². The van der Waals surface area contributed by atoms with Crippen molar-refractivity contribution in [2.75, 3.05) is 7.05 Å². The highest BCUT2D eigenvalue weighted by molar-refractivity contribution is 5.79. The normalized spacial score (nSPS) is 10.1. The van der Waals surface area contributed by atoms with Crippen molar-refractivity contribution in [3.63, 3.8) is 0 Å². The Labute approximate surface area is 93.7 Å². The van der Waals surface area contributed by atoms with E-state index in [1.807, 2.05) is 30.3 Å². The Bertz CT molecular complexity index is 510. The fraction of sp³-hybridized carbons (Fsp3) is 0.167. The van der Waals surface area contributed by atoms with Crippen LogP contribution in [0.3, 0.4) is 0 Å². The molecule has 2 rings (SSSR count). The molecule has 0 atom stereocenters. The Balaban J connectivity index is 2.16. The Kier molecular flexibility index (Phi) is 3.00. The molecule has 1 heterocycles. The topological polar surface area (TPSA) is 54.0 Å². The average molecular weight is 215 g/mol. The number of rotatable bonds is 2. The highest BCUT2D eigenvalue weighted by atomic mass is 16.2. The smallest absolute Gasteiger partial charge is 0.314 e. The molecule has 2 N–H and O–H groups in total. The number of nitrogens with zero attached hydrogens (tertiary/aromatic N) is 1. The third-order valence-corrected chi connectivity index (χ3v) is 2.33. The third kappa shape index (κ3) is 2.28. The van der Waals surface area contributed by atoms with Gasteiger partial charge in [0.05, 0.1) is 5.52 Å². The maximum absolute atomic E-state index is 11.0. The second-order valence-corrected chi connectivity index (χ2v) is 3.47. The number of nitrogens with one attached hydrogen (secondary N) is 2. The van der Waals surface area contributed by atoms with Gasteiger partial charge in [0.15, 0.2) is 0 Å². The number of carbonyl (C=O) groups is 1. The van der Waals surface area contributed by atoms with Crippen LogP contribution < -0.4 is 10.6 Å². The van der Waals surface area contributed by atoms with Gasteiger partial charge < -0.3 is 10.6 Å². The first-order chi connectivity index (χ1) is 7.79. The Hall–Kier alpha value is -2.10. The van der Waals surface area contributed by atoms with E-state index in [1.165, 1.54) is 0 Å². The highest BCUT2D eigenvalue weighted by Gasteiger charge is 1.99. The maximum atomic E-state index is 11.0. The number of urea groups is 1. The van der Waals surface area contributed by atoms with Gasteiger partial charge in [0, 0.05) is 25.2 Å². The van der Waals surface area contributed by atoms with Crippen molar-refractivity contribution in [2.24, 2.45) is 0 Å². The molecular weight excluding hydrogens is 202 g/mol. The first-order valence-electron chi connectivity index (χ1n) is 5.09. The summed E-state index contributed by atoms with van der Waals surface area (Å²) in [5.74, 6) is 0. The molecule has 1 aromatic heterocycles. The largest absolute Gasteiger partial charge is 0.341 e. The number of carbonyl (C=O) groups excluding carboxylic acids is 1. The van der Waals surface area contributed by atoms with Crippen molar-refractivity contribution in [3.8, 4) is 0 Å². The fourth-order valence-electron chi connectivity index (χ4n) is 1.48. The average Bonchev–Trinajstić information content (AvgIpc) is 2.35. The number of pyridine rings is 1. The van der Waals surface area contributed by atoms with Crippen molar-refractivity contribution >= 4 is 16.9 Å². The standard InChI is InChI=1S/C12H13N3O/c1-13-12(16)15-8-9-6-10-4-2-3-5-11(10)14-7-9/h2-7H,8H2,1H3,(H2,13,15,16). The summed E-state index contributed by atoms with van der Waals surface area (Å²) in [4.78, 5) is 15.3. The first kappa shape index (κ1) is 10.4. The number of benzene rings is 1. The summed E-state index contributed by atoms with van der Waals surface area (Å²) in [6.07, 6.45) is 1.78. The lowest BCUT2D eigenvalue weighted by molar-refractivity contribution is 0.242. The SMILES string of the molecule is CNC(=O)NCc1cnc2ccccc2c1. The monoisotopic (exact) mass is 215 g/mol. The van der Waals surface area contributed by atoms with Gasteiger partial charge in [-0.05, 0) is 17.7 Å². The van der Waals surface area contributed by atoms with Gasteiger partial charge in [-0.1, -0.05) is 18.2 Å². The molecular formula is C12H13N3O. The minimum atomic E-state index is -0.187.